The maximum Gasteiger partial charge on any atom is 0.233 e. The second-order valence-corrected chi connectivity index (χ2v) is 15.6. The van der Waals surface area contributed by atoms with Crippen molar-refractivity contribution in [2.24, 2.45) is 7.05 Å². The number of rotatable bonds is 13. The molecule has 4 heterocycles. The van der Waals surface area contributed by atoms with E-state index in [4.69, 9.17) is 29.3 Å². The zero-order valence-electron chi connectivity index (χ0n) is 31.7. The topological polar surface area (TPSA) is 130 Å². The summed E-state index contributed by atoms with van der Waals surface area (Å²) in [6, 6.07) is 19.0. The monoisotopic (exact) mass is 784 g/mol. The van der Waals surface area contributed by atoms with E-state index in [0.717, 1.165) is 42.8 Å². The molecule has 0 saturated carbocycles. The Bertz CT molecular complexity index is 2430. The van der Waals surface area contributed by atoms with Crippen molar-refractivity contribution in [1.82, 2.24) is 29.5 Å². The summed E-state index contributed by atoms with van der Waals surface area (Å²) in [6.07, 6.45) is 6.99. The van der Waals surface area contributed by atoms with E-state index in [9.17, 15) is 12.8 Å². The Labute approximate surface area is 324 Å². The number of hydrogen-bond acceptors (Lipinski definition) is 11. The fourth-order valence-corrected chi connectivity index (χ4v) is 7.25. The second-order valence-electron chi connectivity index (χ2n) is 13.6. The summed E-state index contributed by atoms with van der Waals surface area (Å²) >= 11 is 0. The maximum atomic E-state index is 16.2. The molecule has 0 aliphatic carbocycles. The van der Waals surface area contributed by atoms with Crippen LogP contribution in [0.3, 0.4) is 0 Å². The van der Waals surface area contributed by atoms with Crippen LogP contribution in [0.25, 0.3) is 11.3 Å². The van der Waals surface area contributed by atoms with Crippen LogP contribution in [0.5, 0.6) is 11.5 Å². The van der Waals surface area contributed by atoms with Gasteiger partial charge in [0.1, 0.15) is 23.1 Å². The minimum Gasteiger partial charge on any atom is -0.497 e. The van der Waals surface area contributed by atoms with E-state index in [1.54, 1.807) is 43.4 Å². The lowest BCUT2D eigenvalue weighted by Gasteiger charge is -2.29. The van der Waals surface area contributed by atoms with Crippen LogP contribution in [0.1, 0.15) is 42.3 Å². The van der Waals surface area contributed by atoms with Gasteiger partial charge in [-0.3, -0.25) is 4.68 Å². The molecule has 1 atom stereocenters. The summed E-state index contributed by atoms with van der Waals surface area (Å²) in [5.74, 6) is 0.618. The van der Waals surface area contributed by atoms with Crippen molar-refractivity contribution in [2.45, 2.75) is 50.4 Å². The lowest BCUT2D eigenvalue weighted by atomic mass is 10.1. The van der Waals surface area contributed by atoms with E-state index in [-0.39, 0.29) is 35.8 Å². The fraction of sp³-hybridized carbons (Fsp3) is 0.300. The molecule has 0 radical (unpaired) electrons. The van der Waals surface area contributed by atoms with Crippen molar-refractivity contribution in [3.8, 4) is 22.8 Å². The van der Waals surface area contributed by atoms with Gasteiger partial charge in [-0.05, 0) is 79.8 Å². The number of sulfone groups is 1. The smallest absolute Gasteiger partial charge is 0.233 e. The molecule has 13 nitrogen and oxygen atoms in total. The van der Waals surface area contributed by atoms with Crippen molar-refractivity contribution >= 4 is 33.1 Å². The highest BCUT2D eigenvalue weighted by molar-refractivity contribution is 7.90. The lowest BCUT2D eigenvalue weighted by Crippen LogP contribution is -2.25. The van der Waals surface area contributed by atoms with E-state index in [1.807, 2.05) is 46.8 Å². The number of ether oxygens (including phenoxy) is 3. The van der Waals surface area contributed by atoms with E-state index < -0.39 is 21.5 Å². The Balaban J connectivity index is 1.47. The predicted octanol–water partition coefficient (Wildman–Crippen LogP) is 7.46. The first-order valence-electron chi connectivity index (χ1n) is 18.0. The number of aromatic nitrogens is 6. The number of halogens is 2. The first kappa shape index (κ1) is 38.4. The average Bonchev–Trinajstić information content (AvgIpc) is 3.81. The maximum absolute atomic E-state index is 16.2. The third-order valence-electron chi connectivity index (χ3n) is 9.52. The van der Waals surface area contributed by atoms with E-state index in [2.05, 4.69) is 5.10 Å². The second kappa shape index (κ2) is 16.1. The molecule has 3 aromatic carbocycles. The average molecular weight is 785 g/mol. The highest BCUT2D eigenvalue weighted by atomic mass is 32.2. The zero-order valence-corrected chi connectivity index (χ0v) is 32.5. The van der Waals surface area contributed by atoms with E-state index in [1.165, 1.54) is 36.3 Å². The van der Waals surface area contributed by atoms with Crippen molar-refractivity contribution < 1.29 is 31.4 Å². The summed E-state index contributed by atoms with van der Waals surface area (Å²) in [4.78, 5) is 13.3. The van der Waals surface area contributed by atoms with Crippen LogP contribution in [0.4, 0.5) is 32.1 Å². The van der Waals surface area contributed by atoms with Gasteiger partial charge in [-0.15, -0.1) is 0 Å². The largest absolute Gasteiger partial charge is 0.497 e. The quantitative estimate of drug-likeness (QED) is 0.116. The Morgan fingerprint density at radius 1 is 0.911 bits per heavy atom. The van der Waals surface area contributed by atoms with Crippen LogP contribution in [-0.2, 0) is 34.7 Å². The Morgan fingerprint density at radius 3 is 2.23 bits per heavy atom. The Morgan fingerprint density at radius 2 is 1.62 bits per heavy atom. The van der Waals surface area contributed by atoms with Gasteiger partial charge < -0.3 is 24.0 Å². The third kappa shape index (κ3) is 8.21. The van der Waals surface area contributed by atoms with Crippen molar-refractivity contribution in [3.05, 3.63) is 114 Å². The summed E-state index contributed by atoms with van der Waals surface area (Å²) < 4.78 is 76.3. The Kier molecular flexibility index (Phi) is 11.0. The van der Waals surface area contributed by atoms with Gasteiger partial charge in [0.25, 0.3) is 0 Å². The molecule has 1 aliphatic rings. The van der Waals surface area contributed by atoms with Gasteiger partial charge >= 0.3 is 0 Å². The molecule has 0 N–H and O–H groups in total. The number of methoxy groups -OCH3 is 2. The zero-order chi connectivity index (χ0) is 39.6. The molecule has 1 fully saturated rings. The van der Waals surface area contributed by atoms with Crippen LogP contribution < -0.4 is 19.3 Å². The van der Waals surface area contributed by atoms with Crippen molar-refractivity contribution in [1.29, 1.82) is 0 Å². The van der Waals surface area contributed by atoms with E-state index in [0.29, 0.717) is 46.6 Å². The summed E-state index contributed by atoms with van der Waals surface area (Å²) in [5.41, 5.74) is 3.31. The van der Waals surface area contributed by atoms with Crippen LogP contribution in [-0.4, -0.2) is 65.0 Å². The molecule has 16 heteroatoms. The molecule has 7 rings (SSSR count). The molecular weight excluding hydrogens is 743 g/mol. The molecule has 1 unspecified atom stereocenters. The number of nitrogens with zero attached hydrogens (tertiary/aromatic N) is 8. The predicted molar refractivity (Wildman–Crippen MR) is 207 cm³/mol. The summed E-state index contributed by atoms with van der Waals surface area (Å²) in [5, 5.41) is 9.46. The van der Waals surface area contributed by atoms with Gasteiger partial charge in [0, 0.05) is 43.4 Å². The standard InChI is InChI=1S/C40H42F2N8O5S/c1-26-20-35(46-50(26)36-8-6-7-19-55-36)49(24-28-11-15-31(53-3)16-12-28)39-38(54-4)37(29-22-43-47(2)25-29)44-40(45-39)48(23-27-9-13-30(41)14-10-27)34-18-17-32(21-33(34)42)56(5,51)52/h9-18,20-22,25,36H,6-8,19,23-24H2,1-5H3. The number of anilines is 4. The molecular formula is C40H42F2N8O5S. The third-order valence-corrected chi connectivity index (χ3v) is 10.6. The first-order valence-corrected chi connectivity index (χ1v) is 19.9. The van der Waals surface area contributed by atoms with Crippen LogP contribution in [0.2, 0.25) is 0 Å². The number of aryl methyl sites for hydroxylation is 2. The SMILES string of the molecule is COc1ccc(CN(c2cc(C)n(C3CCCCO3)n2)c2nc(N(Cc3ccc(F)cc3)c3ccc(S(C)(=O)=O)cc3F)nc(-c3cnn(C)c3)c2OC)cc1. The van der Waals surface area contributed by atoms with Gasteiger partial charge in [-0.2, -0.15) is 15.2 Å². The minimum absolute atomic E-state index is 0.00810. The molecule has 3 aromatic heterocycles. The highest BCUT2D eigenvalue weighted by Crippen LogP contribution is 2.43. The van der Waals surface area contributed by atoms with Crippen LogP contribution in [0, 0.1) is 18.6 Å². The van der Waals surface area contributed by atoms with Crippen molar-refractivity contribution in [2.75, 3.05) is 36.9 Å². The van der Waals surface area contributed by atoms with Crippen molar-refractivity contribution in [3.63, 3.8) is 0 Å². The molecule has 56 heavy (non-hydrogen) atoms. The van der Waals surface area contributed by atoms with Gasteiger partial charge in [0.15, 0.2) is 33.5 Å². The minimum atomic E-state index is -3.73. The lowest BCUT2D eigenvalue weighted by molar-refractivity contribution is -0.0405. The molecule has 1 saturated heterocycles. The number of hydrogen-bond donors (Lipinski definition) is 0. The molecule has 6 aromatic rings. The first-order chi connectivity index (χ1) is 26.9. The van der Waals surface area contributed by atoms with E-state index >= 15 is 4.39 Å². The molecule has 1 aliphatic heterocycles. The van der Waals surface area contributed by atoms with Gasteiger partial charge in [0.05, 0.1) is 44.1 Å². The number of benzene rings is 3. The molecule has 0 bridgehead atoms. The van der Waals surface area contributed by atoms with Crippen LogP contribution in [0.15, 0.2) is 90.1 Å². The summed E-state index contributed by atoms with van der Waals surface area (Å²) in [6.45, 7) is 2.86. The normalized spacial score (nSPS) is 14.4. The molecule has 292 valence electrons. The van der Waals surface area contributed by atoms with Gasteiger partial charge in [0.2, 0.25) is 5.95 Å². The van der Waals surface area contributed by atoms with Crippen LogP contribution >= 0.6 is 0 Å². The van der Waals surface area contributed by atoms with Gasteiger partial charge in [-0.1, -0.05) is 24.3 Å². The highest BCUT2D eigenvalue weighted by Gasteiger charge is 2.30. The summed E-state index contributed by atoms with van der Waals surface area (Å²) in [7, 11) is 1.17. The Hall–Kier alpha value is -5.87. The fourth-order valence-electron chi connectivity index (χ4n) is 6.62. The molecule has 0 amide bonds. The van der Waals surface area contributed by atoms with Gasteiger partial charge in [-0.25, -0.2) is 26.9 Å². The molecule has 0 spiro atoms.